The Morgan fingerprint density at radius 3 is 2.31 bits per heavy atom. The molecular weight excluding hydrogens is 368 g/mol. The number of carbonyl (C=O) groups excluding carboxylic acids is 2. The molecule has 29 heavy (non-hydrogen) atoms. The smallest absolute Gasteiger partial charge is 0.324 e. The van der Waals surface area contributed by atoms with Crippen molar-refractivity contribution in [2.75, 3.05) is 19.8 Å². The van der Waals surface area contributed by atoms with Crippen LogP contribution in [-0.4, -0.2) is 31.8 Å². The minimum atomic E-state index is -1.52. The first-order valence-electron chi connectivity index (χ1n) is 9.65. The molecule has 0 N–H and O–H groups in total. The van der Waals surface area contributed by atoms with Crippen LogP contribution in [0.5, 0.6) is 0 Å². The van der Waals surface area contributed by atoms with Crippen LogP contribution >= 0.6 is 0 Å². The summed E-state index contributed by atoms with van der Waals surface area (Å²) in [6.45, 7) is 13.9. The van der Waals surface area contributed by atoms with Crippen LogP contribution < -0.4 is 0 Å². The largest absolute Gasteiger partial charge is 0.465 e. The van der Waals surface area contributed by atoms with Gasteiger partial charge in [-0.05, 0) is 38.8 Å². The number of benzene rings is 1. The average molecular weight is 398 g/mol. The molecule has 5 heteroatoms. The Morgan fingerprint density at radius 2 is 1.76 bits per heavy atom. The van der Waals surface area contributed by atoms with E-state index in [4.69, 9.17) is 14.2 Å². The second-order valence-electron chi connectivity index (χ2n) is 6.60. The van der Waals surface area contributed by atoms with Gasteiger partial charge in [0.15, 0.2) is 5.41 Å². The van der Waals surface area contributed by atoms with E-state index in [2.05, 4.69) is 25.0 Å². The molecule has 1 aromatic carbocycles. The molecule has 156 valence electrons. The van der Waals surface area contributed by atoms with Gasteiger partial charge in [-0.25, -0.2) is 0 Å². The summed E-state index contributed by atoms with van der Waals surface area (Å²) in [5, 5.41) is 0. The van der Waals surface area contributed by atoms with Crippen molar-refractivity contribution in [2.24, 2.45) is 5.41 Å². The Labute approximate surface area is 173 Å². The van der Waals surface area contributed by atoms with E-state index < -0.39 is 17.4 Å². The molecule has 0 aliphatic carbocycles. The molecule has 0 atom stereocenters. The molecule has 0 spiro atoms. The maximum absolute atomic E-state index is 12.6. The highest BCUT2D eigenvalue weighted by atomic mass is 16.6. The summed E-state index contributed by atoms with van der Waals surface area (Å²) in [6.07, 6.45) is 1.56. The Bertz CT molecular complexity index is 764. The van der Waals surface area contributed by atoms with Gasteiger partial charge in [0.25, 0.3) is 0 Å². The predicted octanol–water partition coefficient (Wildman–Crippen LogP) is 4.21. The van der Waals surface area contributed by atoms with E-state index in [1.807, 2.05) is 31.2 Å². The van der Waals surface area contributed by atoms with Gasteiger partial charge in [-0.15, -0.1) is 6.58 Å². The fraction of sp³-hybridized carbons (Fsp3) is 0.417. The zero-order valence-electron chi connectivity index (χ0n) is 17.6. The molecule has 1 aromatic rings. The highest BCUT2D eigenvalue weighted by Crippen LogP contribution is 2.31. The van der Waals surface area contributed by atoms with Crippen LogP contribution in [0.4, 0.5) is 0 Å². The molecule has 0 heterocycles. The van der Waals surface area contributed by atoms with E-state index in [0.717, 1.165) is 16.7 Å². The van der Waals surface area contributed by atoms with Gasteiger partial charge < -0.3 is 14.2 Å². The molecular formula is C24H30O5. The quantitative estimate of drug-likeness (QED) is 0.242. The highest BCUT2D eigenvalue weighted by Gasteiger charge is 2.47. The second-order valence-corrected chi connectivity index (χ2v) is 6.60. The van der Waals surface area contributed by atoms with E-state index in [1.165, 1.54) is 6.08 Å². The molecule has 0 saturated carbocycles. The average Bonchev–Trinajstić information content (AvgIpc) is 2.68. The highest BCUT2D eigenvalue weighted by molar-refractivity contribution is 6.00. The van der Waals surface area contributed by atoms with E-state index in [1.54, 1.807) is 13.8 Å². The van der Waals surface area contributed by atoms with Gasteiger partial charge in [0.2, 0.25) is 0 Å². The minimum Gasteiger partial charge on any atom is -0.465 e. The van der Waals surface area contributed by atoms with Gasteiger partial charge >= 0.3 is 11.9 Å². The molecule has 0 unspecified atom stereocenters. The Kier molecular flexibility index (Phi) is 10.5. The summed E-state index contributed by atoms with van der Waals surface area (Å²) in [4.78, 5) is 25.2. The molecule has 0 aromatic heterocycles. The Hall–Kier alpha value is -2.84. The third-order valence-corrected chi connectivity index (χ3v) is 4.06. The van der Waals surface area contributed by atoms with Crippen LogP contribution in [0.1, 0.15) is 44.7 Å². The topological polar surface area (TPSA) is 61.8 Å². The van der Waals surface area contributed by atoms with Gasteiger partial charge in [-0.3, -0.25) is 9.59 Å². The van der Waals surface area contributed by atoms with Crippen molar-refractivity contribution in [1.29, 1.82) is 0 Å². The van der Waals surface area contributed by atoms with Crippen molar-refractivity contribution in [1.82, 2.24) is 0 Å². The number of rotatable bonds is 11. The second kappa shape index (κ2) is 12.6. The van der Waals surface area contributed by atoms with Crippen LogP contribution in [0.25, 0.3) is 0 Å². The summed E-state index contributed by atoms with van der Waals surface area (Å²) in [5.74, 6) is 4.73. The van der Waals surface area contributed by atoms with E-state index in [0.29, 0.717) is 13.2 Å². The fourth-order valence-corrected chi connectivity index (χ4v) is 2.65. The Morgan fingerprint density at radius 1 is 1.14 bits per heavy atom. The number of ether oxygens (including phenoxy) is 3. The fourth-order valence-electron chi connectivity index (χ4n) is 2.65. The van der Waals surface area contributed by atoms with E-state index in [9.17, 15) is 9.59 Å². The first kappa shape index (κ1) is 24.2. The molecule has 0 bridgehead atoms. The van der Waals surface area contributed by atoms with Gasteiger partial charge in [-0.1, -0.05) is 48.3 Å². The molecule has 1 rings (SSSR count). The van der Waals surface area contributed by atoms with Gasteiger partial charge in [-0.2, -0.15) is 0 Å². The molecule has 0 saturated heterocycles. The predicted molar refractivity (Wildman–Crippen MR) is 113 cm³/mol. The van der Waals surface area contributed by atoms with Crippen LogP contribution in [0.15, 0.2) is 49.1 Å². The van der Waals surface area contributed by atoms with Crippen LogP contribution in [0.3, 0.4) is 0 Å². The van der Waals surface area contributed by atoms with Crippen molar-refractivity contribution < 1.29 is 23.8 Å². The maximum Gasteiger partial charge on any atom is 0.324 e. The standard InChI is InChI=1S/C24H30O5/c1-6-15-24(22(25)28-7-2,23(26)29-8-3)16-11-14-20-12-9-10-13-21(20)18-27-17-19(4)5/h6,9-10,12-13H,1,4,7-8,15-18H2,2-3,5H3. The van der Waals surface area contributed by atoms with Crippen LogP contribution in [0, 0.1) is 17.3 Å². The molecule has 5 nitrogen and oxygen atoms in total. The lowest BCUT2D eigenvalue weighted by atomic mass is 9.81. The molecule has 0 amide bonds. The van der Waals surface area contributed by atoms with Gasteiger partial charge in [0.05, 0.1) is 26.4 Å². The lowest BCUT2D eigenvalue weighted by Crippen LogP contribution is -2.41. The molecule has 0 fully saturated rings. The summed E-state index contributed by atoms with van der Waals surface area (Å²) in [6, 6.07) is 7.58. The van der Waals surface area contributed by atoms with Crippen LogP contribution in [0.2, 0.25) is 0 Å². The lowest BCUT2D eigenvalue weighted by Gasteiger charge is -2.26. The summed E-state index contributed by atoms with van der Waals surface area (Å²) in [7, 11) is 0. The number of hydrogen-bond donors (Lipinski definition) is 0. The van der Waals surface area contributed by atoms with Crippen molar-refractivity contribution >= 4 is 11.9 Å². The van der Waals surface area contributed by atoms with E-state index >= 15 is 0 Å². The number of allylic oxidation sites excluding steroid dienone is 1. The van der Waals surface area contributed by atoms with Crippen LogP contribution in [-0.2, 0) is 30.4 Å². The SMILES string of the molecule is C=CCC(CC#Cc1ccccc1COCC(=C)C)(C(=O)OCC)C(=O)OCC. The van der Waals surface area contributed by atoms with Gasteiger partial charge in [0.1, 0.15) is 0 Å². The summed E-state index contributed by atoms with van der Waals surface area (Å²) >= 11 is 0. The minimum absolute atomic E-state index is 0.0301. The van der Waals surface area contributed by atoms with Crippen molar-refractivity contribution in [3.05, 3.63) is 60.2 Å². The van der Waals surface area contributed by atoms with Gasteiger partial charge in [0, 0.05) is 12.0 Å². The normalized spacial score (nSPS) is 10.4. The number of hydrogen-bond acceptors (Lipinski definition) is 5. The summed E-state index contributed by atoms with van der Waals surface area (Å²) < 4.78 is 15.9. The van der Waals surface area contributed by atoms with Crippen molar-refractivity contribution in [2.45, 2.75) is 40.2 Å². The first-order valence-corrected chi connectivity index (χ1v) is 9.65. The molecule has 0 aliphatic heterocycles. The molecule has 0 aliphatic rings. The maximum atomic E-state index is 12.6. The third kappa shape index (κ3) is 7.24. The monoisotopic (exact) mass is 398 g/mol. The first-order chi connectivity index (χ1) is 13.9. The number of esters is 2. The Balaban J connectivity index is 3.13. The van der Waals surface area contributed by atoms with E-state index in [-0.39, 0.29) is 26.1 Å². The number of carbonyl (C=O) groups is 2. The molecule has 0 radical (unpaired) electrons. The zero-order chi connectivity index (χ0) is 21.7. The lowest BCUT2D eigenvalue weighted by molar-refractivity contribution is -0.171. The zero-order valence-corrected chi connectivity index (χ0v) is 17.6. The summed E-state index contributed by atoms with van der Waals surface area (Å²) in [5.41, 5.74) is 1.11. The third-order valence-electron chi connectivity index (χ3n) is 4.06. The van der Waals surface area contributed by atoms with Crippen molar-refractivity contribution in [3.8, 4) is 11.8 Å². The van der Waals surface area contributed by atoms with Crippen molar-refractivity contribution in [3.63, 3.8) is 0 Å².